The van der Waals surface area contributed by atoms with Crippen LogP contribution in [0.3, 0.4) is 0 Å². The van der Waals surface area contributed by atoms with Crippen LogP contribution in [0.2, 0.25) is 0 Å². The van der Waals surface area contributed by atoms with Gasteiger partial charge < -0.3 is 10.1 Å². The molecule has 2 rings (SSSR count). The summed E-state index contributed by atoms with van der Waals surface area (Å²) in [5.41, 5.74) is 2.03. The Hall–Kier alpha value is -1.40. The normalized spacial score (nSPS) is 10.2. The van der Waals surface area contributed by atoms with Crippen molar-refractivity contribution in [1.82, 2.24) is 4.98 Å². The van der Waals surface area contributed by atoms with Gasteiger partial charge in [0.15, 0.2) is 0 Å². The van der Waals surface area contributed by atoms with Crippen molar-refractivity contribution in [3.63, 3.8) is 0 Å². The number of hydrogen-bond donors (Lipinski definition) is 1. The van der Waals surface area contributed by atoms with Crippen LogP contribution in [0.1, 0.15) is 15.9 Å². The van der Waals surface area contributed by atoms with Crippen molar-refractivity contribution in [1.29, 1.82) is 0 Å². The van der Waals surface area contributed by atoms with Crippen LogP contribution in [0.25, 0.3) is 0 Å². The number of rotatable bonds is 3. The summed E-state index contributed by atoms with van der Waals surface area (Å²) in [6.45, 7) is 1.90. The number of anilines is 1. The van der Waals surface area contributed by atoms with Crippen LogP contribution in [0, 0.1) is 6.92 Å². The molecule has 0 aliphatic rings. The molecule has 20 heavy (non-hydrogen) atoms. The quantitative estimate of drug-likeness (QED) is 0.787. The third kappa shape index (κ3) is 3.19. The number of ether oxygens (including phenoxy) is 1. The molecule has 1 aromatic heterocycles. The molecule has 0 unspecified atom stereocenters. The van der Waals surface area contributed by atoms with Crippen molar-refractivity contribution in [3.8, 4) is 5.75 Å². The molecule has 6 heteroatoms. The molecule has 0 atom stereocenters. The van der Waals surface area contributed by atoms with E-state index in [2.05, 4.69) is 42.2 Å². The molecule has 0 fully saturated rings. The minimum Gasteiger partial charge on any atom is -0.495 e. The van der Waals surface area contributed by atoms with Gasteiger partial charge in [0.05, 0.1) is 18.4 Å². The summed E-state index contributed by atoms with van der Waals surface area (Å²) in [5, 5.41) is 2.86. The highest BCUT2D eigenvalue weighted by Crippen LogP contribution is 2.32. The van der Waals surface area contributed by atoms with Crippen molar-refractivity contribution in [2.75, 3.05) is 12.4 Å². The number of amides is 1. The predicted octanol–water partition coefficient (Wildman–Crippen LogP) is 4.18. The average Bonchev–Trinajstić information content (AvgIpc) is 2.41. The monoisotopic (exact) mass is 398 g/mol. The predicted molar refractivity (Wildman–Crippen MR) is 85.3 cm³/mol. The number of nitrogens with one attached hydrogen (secondary N) is 1. The maximum Gasteiger partial charge on any atom is 0.258 e. The highest BCUT2D eigenvalue weighted by atomic mass is 79.9. The fourth-order valence-electron chi connectivity index (χ4n) is 1.77. The van der Waals surface area contributed by atoms with Crippen LogP contribution in [0.5, 0.6) is 5.75 Å². The van der Waals surface area contributed by atoms with E-state index in [0.29, 0.717) is 21.6 Å². The second-order valence-corrected chi connectivity index (χ2v) is 5.76. The molecule has 104 valence electrons. The van der Waals surface area contributed by atoms with Gasteiger partial charge in [0.2, 0.25) is 0 Å². The summed E-state index contributed by atoms with van der Waals surface area (Å²) >= 11 is 6.67. The Balaban J connectivity index is 2.35. The Kier molecular flexibility index (Phi) is 4.77. The number of hydrogen-bond acceptors (Lipinski definition) is 3. The van der Waals surface area contributed by atoms with E-state index in [4.69, 9.17) is 4.74 Å². The number of carbonyl (C=O) groups excluding carboxylic acids is 1. The van der Waals surface area contributed by atoms with E-state index < -0.39 is 0 Å². The van der Waals surface area contributed by atoms with Crippen molar-refractivity contribution in [2.45, 2.75) is 6.92 Å². The van der Waals surface area contributed by atoms with E-state index in [1.54, 1.807) is 31.5 Å². The van der Waals surface area contributed by atoms with E-state index in [-0.39, 0.29) is 5.91 Å². The molecule has 0 aliphatic heterocycles. The first-order valence-electron chi connectivity index (χ1n) is 5.79. The highest BCUT2D eigenvalue weighted by Gasteiger charge is 2.15. The largest absolute Gasteiger partial charge is 0.495 e. The fraction of sp³-hybridized carbons (Fsp3) is 0.143. The number of nitrogens with zero attached hydrogens (tertiary/aromatic N) is 1. The summed E-state index contributed by atoms with van der Waals surface area (Å²) in [5.74, 6) is 0.360. The lowest BCUT2D eigenvalue weighted by atomic mass is 10.1. The van der Waals surface area contributed by atoms with Gasteiger partial charge in [0, 0.05) is 10.7 Å². The second-order valence-electron chi connectivity index (χ2n) is 4.10. The lowest BCUT2D eigenvalue weighted by Gasteiger charge is -2.14. The summed E-state index contributed by atoms with van der Waals surface area (Å²) < 4.78 is 6.70. The zero-order valence-corrected chi connectivity index (χ0v) is 14.1. The van der Waals surface area contributed by atoms with Gasteiger partial charge in [-0.15, -0.1) is 0 Å². The number of pyridine rings is 1. The van der Waals surface area contributed by atoms with Gasteiger partial charge in [-0.2, -0.15) is 0 Å². The number of benzene rings is 1. The lowest BCUT2D eigenvalue weighted by Crippen LogP contribution is -2.14. The second kappa shape index (κ2) is 6.37. The van der Waals surface area contributed by atoms with Gasteiger partial charge in [-0.25, -0.2) is 4.98 Å². The van der Waals surface area contributed by atoms with Crippen LogP contribution in [-0.2, 0) is 0 Å². The van der Waals surface area contributed by atoms with Gasteiger partial charge in [-0.05, 0) is 52.7 Å². The third-order valence-electron chi connectivity index (χ3n) is 2.73. The Bertz CT molecular complexity index is 660. The van der Waals surface area contributed by atoms with Gasteiger partial charge in [-0.3, -0.25) is 4.79 Å². The molecular weight excluding hydrogens is 388 g/mol. The Morgan fingerprint density at radius 3 is 2.75 bits per heavy atom. The maximum absolute atomic E-state index is 12.3. The van der Waals surface area contributed by atoms with Crippen LogP contribution < -0.4 is 10.1 Å². The zero-order chi connectivity index (χ0) is 14.7. The lowest BCUT2D eigenvalue weighted by molar-refractivity contribution is 0.102. The molecule has 1 heterocycles. The first-order chi connectivity index (χ1) is 9.52. The standard InChI is InChI=1S/C14H12Br2N2O2/c1-8-6-9(15)7-11(20-2)12(8)18-14(19)10-4-3-5-17-13(10)16/h3-7H,1-2H3,(H,18,19). The molecule has 0 aliphatic carbocycles. The van der Waals surface area contributed by atoms with E-state index in [0.717, 1.165) is 10.0 Å². The van der Waals surface area contributed by atoms with Crippen molar-refractivity contribution in [2.24, 2.45) is 0 Å². The van der Waals surface area contributed by atoms with Crippen LogP contribution in [0.15, 0.2) is 39.5 Å². The number of halogens is 2. The summed E-state index contributed by atoms with van der Waals surface area (Å²) in [4.78, 5) is 16.3. The SMILES string of the molecule is COc1cc(Br)cc(C)c1NC(=O)c1cccnc1Br. The molecule has 0 radical (unpaired) electrons. The van der Waals surface area contributed by atoms with E-state index in [9.17, 15) is 4.79 Å². The smallest absolute Gasteiger partial charge is 0.258 e. The topological polar surface area (TPSA) is 51.2 Å². The molecule has 4 nitrogen and oxygen atoms in total. The summed E-state index contributed by atoms with van der Waals surface area (Å²) in [6.07, 6.45) is 1.62. The van der Waals surface area contributed by atoms with Crippen molar-refractivity contribution >= 4 is 43.5 Å². The molecule has 1 aromatic carbocycles. The molecule has 1 amide bonds. The van der Waals surface area contributed by atoms with Crippen molar-refractivity contribution < 1.29 is 9.53 Å². The van der Waals surface area contributed by atoms with Crippen molar-refractivity contribution in [3.05, 3.63) is 50.7 Å². The zero-order valence-electron chi connectivity index (χ0n) is 10.9. The van der Waals surface area contributed by atoms with Gasteiger partial charge in [0.25, 0.3) is 5.91 Å². The molecule has 1 N–H and O–H groups in total. The highest BCUT2D eigenvalue weighted by molar-refractivity contribution is 9.10. The summed E-state index contributed by atoms with van der Waals surface area (Å²) in [7, 11) is 1.57. The minimum atomic E-state index is -0.242. The number of aromatic nitrogens is 1. The van der Waals surface area contributed by atoms with Gasteiger partial charge in [-0.1, -0.05) is 15.9 Å². The maximum atomic E-state index is 12.3. The van der Waals surface area contributed by atoms with Gasteiger partial charge >= 0.3 is 0 Å². The van der Waals surface area contributed by atoms with E-state index in [1.165, 1.54) is 0 Å². The molecule has 0 saturated carbocycles. The average molecular weight is 400 g/mol. The van der Waals surface area contributed by atoms with Gasteiger partial charge in [0.1, 0.15) is 10.4 Å². The molecule has 0 spiro atoms. The molecule has 0 saturated heterocycles. The van der Waals surface area contributed by atoms with Crippen LogP contribution in [0.4, 0.5) is 5.69 Å². The fourth-order valence-corrected chi connectivity index (χ4v) is 2.75. The number of methoxy groups -OCH3 is 1. The number of aryl methyl sites for hydroxylation is 1. The Morgan fingerprint density at radius 1 is 1.35 bits per heavy atom. The summed E-state index contributed by atoms with van der Waals surface area (Å²) in [6, 6.07) is 7.13. The first kappa shape index (κ1) is 15.0. The third-order valence-corrected chi connectivity index (χ3v) is 3.82. The first-order valence-corrected chi connectivity index (χ1v) is 7.37. The van der Waals surface area contributed by atoms with Crippen LogP contribution in [-0.4, -0.2) is 18.0 Å². The molecular formula is C14H12Br2N2O2. The minimum absolute atomic E-state index is 0.242. The van der Waals surface area contributed by atoms with Crippen LogP contribution >= 0.6 is 31.9 Å². The van der Waals surface area contributed by atoms with E-state index >= 15 is 0 Å². The Morgan fingerprint density at radius 2 is 2.10 bits per heavy atom. The van der Waals surface area contributed by atoms with E-state index in [1.807, 2.05) is 13.0 Å². The molecule has 2 aromatic rings. The Labute approximate surface area is 133 Å². The number of carbonyl (C=O) groups is 1. The molecule has 0 bridgehead atoms.